The van der Waals surface area contributed by atoms with Crippen LogP contribution in [0.3, 0.4) is 0 Å². The van der Waals surface area contributed by atoms with E-state index in [-0.39, 0.29) is 0 Å². The molecule has 0 aliphatic carbocycles. The van der Waals surface area contributed by atoms with E-state index in [2.05, 4.69) is 6.58 Å². The van der Waals surface area contributed by atoms with Gasteiger partial charge in [0.15, 0.2) is 0 Å². The molecule has 0 saturated carbocycles. The summed E-state index contributed by atoms with van der Waals surface area (Å²) in [6.07, 6.45) is 0. The maximum atomic E-state index is 12.1. The fraction of sp³-hybridized carbons (Fsp3) is 0.150. The van der Waals surface area contributed by atoms with E-state index >= 15 is 0 Å². The van der Waals surface area contributed by atoms with Gasteiger partial charge in [-0.15, -0.1) is 0 Å². The lowest BCUT2D eigenvalue weighted by Gasteiger charge is -2.16. The molecule has 0 N–H and O–H groups in total. The third-order valence-electron chi connectivity index (χ3n) is 3.66. The zero-order valence-electron chi connectivity index (χ0n) is 13.3. The Morgan fingerprint density at radius 3 is 1.74 bits per heavy atom. The standard InChI is InChI=1S/C20H18O3/c1-4-22-18-14-9-5-7-11-16(14)19(23-20(21)13(2)3)17-12-8-6-10-15(17)18/h5-12H,2,4H2,1,3H3. The molecule has 0 radical (unpaired) electrons. The van der Waals surface area contributed by atoms with Crippen molar-refractivity contribution in [2.45, 2.75) is 13.8 Å². The van der Waals surface area contributed by atoms with Crippen LogP contribution < -0.4 is 9.47 Å². The van der Waals surface area contributed by atoms with Gasteiger partial charge in [-0.3, -0.25) is 0 Å². The minimum atomic E-state index is -0.426. The Bertz CT molecular complexity index is 852. The Hall–Kier alpha value is -2.81. The Morgan fingerprint density at radius 2 is 1.35 bits per heavy atom. The van der Waals surface area contributed by atoms with Crippen molar-refractivity contribution in [1.82, 2.24) is 0 Å². The first-order valence-electron chi connectivity index (χ1n) is 7.57. The van der Waals surface area contributed by atoms with Gasteiger partial charge in [0.05, 0.1) is 6.61 Å². The van der Waals surface area contributed by atoms with Crippen LogP contribution in [0.4, 0.5) is 0 Å². The quantitative estimate of drug-likeness (QED) is 0.298. The second kappa shape index (κ2) is 6.13. The summed E-state index contributed by atoms with van der Waals surface area (Å²) in [5.74, 6) is 0.936. The van der Waals surface area contributed by atoms with Crippen LogP contribution in [0.25, 0.3) is 21.5 Å². The van der Waals surface area contributed by atoms with Gasteiger partial charge >= 0.3 is 5.97 Å². The summed E-state index contributed by atoms with van der Waals surface area (Å²) in [5, 5.41) is 3.56. The highest BCUT2D eigenvalue weighted by molar-refractivity contribution is 6.12. The number of benzene rings is 3. The summed E-state index contributed by atoms with van der Waals surface area (Å²) >= 11 is 0. The van der Waals surface area contributed by atoms with Crippen molar-refractivity contribution >= 4 is 27.5 Å². The van der Waals surface area contributed by atoms with Gasteiger partial charge in [-0.1, -0.05) is 55.1 Å². The smallest absolute Gasteiger partial charge is 0.338 e. The Balaban J connectivity index is 2.38. The number of esters is 1. The average molecular weight is 306 g/mol. The summed E-state index contributed by atoms with van der Waals surface area (Å²) < 4.78 is 11.5. The number of carbonyl (C=O) groups excluding carboxylic acids is 1. The summed E-state index contributed by atoms with van der Waals surface area (Å²) in [6, 6.07) is 15.6. The second-order valence-electron chi connectivity index (χ2n) is 5.35. The van der Waals surface area contributed by atoms with Crippen molar-refractivity contribution in [1.29, 1.82) is 0 Å². The van der Waals surface area contributed by atoms with Gasteiger partial charge in [0.2, 0.25) is 0 Å². The minimum absolute atomic E-state index is 0.368. The second-order valence-corrected chi connectivity index (χ2v) is 5.35. The van der Waals surface area contributed by atoms with E-state index in [1.54, 1.807) is 6.92 Å². The molecule has 3 nitrogen and oxygen atoms in total. The van der Waals surface area contributed by atoms with Crippen molar-refractivity contribution in [2.75, 3.05) is 6.61 Å². The maximum absolute atomic E-state index is 12.1. The van der Waals surface area contributed by atoms with E-state index < -0.39 is 5.97 Å². The molecule has 0 aromatic heterocycles. The van der Waals surface area contributed by atoms with Crippen LogP contribution in [-0.4, -0.2) is 12.6 Å². The molecule has 0 saturated heterocycles. The summed E-state index contributed by atoms with van der Waals surface area (Å²) in [6.45, 7) is 7.82. The van der Waals surface area contributed by atoms with E-state index in [1.807, 2.05) is 55.5 Å². The van der Waals surface area contributed by atoms with Gasteiger partial charge in [-0.05, 0) is 13.8 Å². The summed E-state index contributed by atoms with van der Waals surface area (Å²) in [4.78, 5) is 12.1. The van der Waals surface area contributed by atoms with Gasteiger partial charge < -0.3 is 9.47 Å². The zero-order chi connectivity index (χ0) is 16.4. The van der Waals surface area contributed by atoms with Gasteiger partial charge in [0.25, 0.3) is 0 Å². The highest BCUT2D eigenvalue weighted by Gasteiger charge is 2.17. The van der Waals surface area contributed by atoms with Crippen LogP contribution in [0.1, 0.15) is 13.8 Å². The van der Waals surface area contributed by atoms with E-state index in [9.17, 15) is 4.79 Å². The van der Waals surface area contributed by atoms with Crippen LogP contribution in [0, 0.1) is 0 Å². The van der Waals surface area contributed by atoms with E-state index in [1.165, 1.54) is 0 Å². The highest BCUT2D eigenvalue weighted by atomic mass is 16.5. The molecule has 0 unspecified atom stereocenters. The zero-order valence-corrected chi connectivity index (χ0v) is 13.3. The summed E-state index contributed by atoms with van der Waals surface area (Å²) in [7, 11) is 0. The number of hydrogen-bond donors (Lipinski definition) is 0. The van der Waals surface area contributed by atoms with Crippen LogP contribution in [-0.2, 0) is 4.79 Å². The first-order valence-corrected chi connectivity index (χ1v) is 7.57. The predicted molar refractivity (Wildman–Crippen MR) is 93.1 cm³/mol. The van der Waals surface area contributed by atoms with Crippen molar-refractivity contribution in [2.24, 2.45) is 0 Å². The lowest BCUT2D eigenvalue weighted by Crippen LogP contribution is -2.09. The Labute approximate surface area is 135 Å². The van der Waals surface area contributed by atoms with Crippen molar-refractivity contribution in [3.8, 4) is 11.5 Å². The molecule has 0 bridgehead atoms. The van der Waals surface area contributed by atoms with Crippen LogP contribution >= 0.6 is 0 Å². The maximum Gasteiger partial charge on any atom is 0.338 e. The molecular weight excluding hydrogens is 288 g/mol. The number of carbonyl (C=O) groups is 1. The molecule has 0 aliphatic rings. The lowest BCUT2D eigenvalue weighted by molar-refractivity contribution is -0.129. The number of hydrogen-bond acceptors (Lipinski definition) is 3. The number of fused-ring (bicyclic) bond motifs is 2. The van der Waals surface area contributed by atoms with Crippen molar-refractivity contribution in [3.05, 3.63) is 60.7 Å². The van der Waals surface area contributed by atoms with Gasteiger partial charge in [0.1, 0.15) is 11.5 Å². The first kappa shape index (κ1) is 15.1. The summed E-state index contributed by atoms with van der Waals surface area (Å²) in [5.41, 5.74) is 0.368. The number of ether oxygens (including phenoxy) is 2. The fourth-order valence-electron chi connectivity index (χ4n) is 2.64. The van der Waals surface area contributed by atoms with Crippen LogP contribution in [0.2, 0.25) is 0 Å². The van der Waals surface area contributed by atoms with Gasteiger partial charge in [-0.25, -0.2) is 4.79 Å². The number of rotatable bonds is 4. The molecule has 23 heavy (non-hydrogen) atoms. The minimum Gasteiger partial charge on any atom is -0.493 e. The topological polar surface area (TPSA) is 35.5 Å². The van der Waals surface area contributed by atoms with E-state index in [0.717, 1.165) is 27.3 Å². The lowest BCUT2D eigenvalue weighted by atomic mass is 10.0. The molecule has 0 spiro atoms. The molecule has 0 heterocycles. The van der Waals surface area contributed by atoms with Crippen LogP contribution in [0.5, 0.6) is 11.5 Å². The van der Waals surface area contributed by atoms with Gasteiger partial charge in [0, 0.05) is 27.1 Å². The van der Waals surface area contributed by atoms with E-state index in [0.29, 0.717) is 17.9 Å². The Morgan fingerprint density at radius 1 is 0.913 bits per heavy atom. The fourth-order valence-corrected chi connectivity index (χ4v) is 2.64. The van der Waals surface area contributed by atoms with Crippen molar-refractivity contribution < 1.29 is 14.3 Å². The molecule has 116 valence electrons. The molecule has 3 heteroatoms. The SMILES string of the molecule is C=C(C)C(=O)Oc1c2ccccc2c(OCC)c2ccccc12. The molecule has 0 amide bonds. The predicted octanol–water partition coefficient (Wildman–Crippen LogP) is 4.87. The third-order valence-corrected chi connectivity index (χ3v) is 3.66. The third kappa shape index (κ3) is 2.66. The first-order chi connectivity index (χ1) is 11.1. The molecule has 3 aromatic carbocycles. The molecule has 0 fully saturated rings. The average Bonchev–Trinajstić information content (AvgIpc) is 2.57. The van der Waals surface area contributed by atoms with E-state index in [4.69, 9.17) is 9.47 Å². The molecule has 0 atom stereocenters. The largest absolute Gasteiger partial charge is 0.493 e. The highest BCUT2D eigenvalue weighted by Crippen LogP contribution is 2.42. The van der Waals surface area contributed by atoms with Crippen LogP contribution in [0.15, 0.2) is 60.7 Å². The van der Waals surface area contributed by atoms with Crippen molar-refractivity contribution in [3.63, 3.8) is 0 Å². The Kier molecular flexibility index (Phi) is 4.02. The monoisotopic (exact) mass is 306 g/mol. The van der Waals surface area contributed by atoms with Gasteiger partial charge in [-0.2, -0.15) is 0 Å². The molecule has 3 rings (SSSR count). The molecule has 0 aliphatic heterocycles. The normalized spacial score (nSPS) is 10.7. The molecular formula is C20H18O3. The molecule has 3 aromatic rings.